The number of nitrogens with one attached hydrogen (secondary N) is 1. The summed E-state index contributed by atoms with van der Waals surface area (Å²) in [7, 11) is 1.72. The number of rotatable bonds is 5. The lowest BCUT2D eigenvalue weighted by atomic mass is 9.82. The van der Waals surface area contributed by atoms with Crippen molar-refractivity contribution in [1.29, 1.82) is 0 Å². The fraction of sp³-hybridized carbons (Fsp3) is 0.625. The predicted molar refractivity (Wildman–Crippen MR) is 91.2 cm³/mol. The lowest BCUT2D eigenvalue weighted by molar-refractivity contribution is 0.273. The van der Waals surface area contributed by atoms with Crippen LogP contribution < -0.4 is 10.1 Å². The van der Waals surface area contributed by atoms with Gasteiger partial charge in [0.05, 0.1) is 11.6 Å². The van der Waals surface area contributed by atoms with E-state index in [2.05, 4.69) is 50.2 Å². The number of methoxy groups -OCH3 is 1. The molecule has 20 heavy (non-hydrogen) atoms. The highest BCUT2D eigenvalue weighted by Gasteiger charge is 2.18. The van der Waals surface area contributed by atoms with Gasteiger partial charge in [0.1, 0.15) is 5.75 Å². The van der Waals surface area contributed by atoms with E-state index in [1.54, 1.807) is 7.11 Å². The van der Waals surface area contributed by atoms with Crippen LogP contribution >= 0.6 is 31.9 Å². The van der Waals surface area contributed by atoms with Crippen molar-refractivity contribution in [2.45, 2.75) is 39.2 Å². The molecule has 1 saturated carbocycles. The van der Waals surface area contributed by atoms with Crippen LogP contribution in [0.4, 0.5) is 0 Å². The number of benzene rings is 1. The van der Waals surface area contributed by atoms with Crippen molar-refractivity contribution in [1.82, 2.24) is 5.32 Å². The molecular formula is C16H23Br2NO. The summed E-state index contributed by atoms with van der Waals surface area (Å²) in [5, 5.41) is 3.60. The van der Waals surface area contributed by atoms with Gasteiger partial charge in [-0.05, 0) is 59.3 Å². The molecule has 0 bridgehead atoms. The average Bonchev–Trinajstić information content (AvgIpc) is 2.38. The highest BCUT2D eigenvalue weighted by atomic mass is 79.9. The largest absolute Gasteiger partial charge is 0.495 e. The Kier molecular flexibility index (Phi) is 6.37. The molecule has 0 aliphatic heterocycles. The van der Waals surface area contributed by atoms with Crippen molar-refractivity contribution in [3.05, 3.63) is 26.6 Å². The van der Waals surface area contributed by atoms with Gasteiger partial charge in [-0.25, -0.2) is 0 Å². The van der Waals surface area contributed by atoms with Gasteiger partial charge in [0.2, 0.25) is 0 Å². The number of ether oxygens (including phenoxy) is 1. The maximum absolute atomic E-state index is 5.48. The van der Waals surface area contributed by atoms with E-state index in [1.165, 1.54) is 31.2 Å². The Balaban J connectivity index is 1.90. The lowest BCUT2D eigenvalue weighted by Crippen LogP contribution is -2.26. The Morgan fingerprint density at radius 2 is 2.10 bits per heavy atom. The Morgan fingerprint density at radius 1 is 1.30 bits per heavy atom. The molecule has 0 spiro atoms. The molecule has 0 aromatic heterocycles. The summed E-state index contributed by atoms with van der Waals surface area (Å²) in [6.45, 7) is 4.34. The monoisotopic (exact) mass is 403 g/mol. The summed E-state index contributed by atoms with van der Waals surface area (Å²) in [5.74, 6) is 2.66. The Labute approximate surface area is 138 Å². The molecule has 0 heterocycles. The van der Waals surface area contributed by atoms with Gasteiger partial charge < -0.3 is 10.1 Å². The third-order valence-electron chi connectivity index (χ3n) is 4.08. The van der Waals surface area contributed by atoms with Crippen LogP contribution in [-0.2, 0) is 6.54 Å². The summed E-state index contributed by atoms with van der Waals surface area (Å²) in [5.41, 5.74) is 1.19. The van der Waals surface area contributed by atoms with E-state index in [-0.39, 0.29) is 0 Å². The van der Waals surface area contributed by atoms with Crippen LogP contribution in [0.2, 0.25) is 0 Å². The van der Waals surface area contributed by atoms with E-state index in [9.17, 15) is 0 Å². The Morgan fingerprint density at radius 3 is 2.80 bits per heavy atom. The molecular weight excluding hydrogens is 382 g/mol. The standard InChI is InChI=1S/C16H23Br2NO/c1-11-4-3-5-12(6-11)9-19-10-13-7-14(17)8-15(18)16(13)20-2/h7-8,11-12,19H,3-6,9-10H2,1-2H3. The first-order valence-corrected chi connectivity index (χ1v) is 8.91. The Bertz CT molecular complexity index is 450. The van der Waals surface area contributed by atoms with Gasteiger partial charge in [-0.15, -0.1) is 0 Å². The summed E-state index contributed by atoms with van der Waals surface area (Å²) < 4.78 is 7.56. The van der Waals surface area contributed by atoms with Gasteiger partial charge in [-0.3, -0.25) is 0 Å². The first kappa shape index (κ1) is 16.3. The molecule has 4 heteroatoms. The summed E-state index contributed by atoms with van der Waals surface area (Å²) in [4.78, 5) is 0. The second kappa shape index (κ2) is 7.81. The van der Waals surface area contributed by atoms with Crippen LogP contribution in [0.25, 0.3) is 0 Å². The summed E-state index contributed by atoms with van der Waals surface area (Å²) in [6.07, 6.45) is 5.53. The quantitative estimate of drug-likeness (QED) is 0.733. The first-order valence-electron chi connectivity index (χ1n) is 7.32. The maximum atomic E-state index is 5.48. The summed E-state index contributed by atoms with van der Waals surface area (Å²) >= 11 is 7.09. The normalized spacial score (nSPS) is 22.8. The number of hydrogen-bond donors (Lipinski definition) is 1. The van der Waals surface area contributed by atoms with E-state index in [0.29, 0.717) is 0 Å². The first-order chi connectivity index (χ1) is 9.60. The van der Waals surface area contributed by atoms with Crippen LogP contribution in [0, 0.1) is 11.8 Å². The van der Waals surface area contributed by atoms with Crippen LogP contribution in [0.5, 0.6) is 5.75 Å². The second-order valence-electron chi connectivity index (χ2n) is 5.85. The minimum atomic E-state index is 0.834. The highest BCUT2D eigenvalue weighted by Crippen LogP contribution is 2.33. The fourth-order valence-corrected chi connectivity index (χ4v) is 4.61. The van der Waals surface area contributed by atoms with Gasteiger partial charge in [0.25, 0.3) is 0 Å². The molecule has 0 saturated heterocycles. The SMILES string of the molecule is COc1c(Br)cc(Br)cc1CNCC1CCCC(C)C1. The fourth-order valence-electron chi connectivity index (χ4n) is 3.13. The molecule has 1 aromatic carbocycles. The van der Waals surface area contributed by atoms with Gasteiger partial charge in [0, 0.05) is 16.6 Å². The number of hydrogen-bond acceptors (Lipinski definition) is 2. The minimum absolute atomic E-state index is 0.834. The van der Waals surface area contributed by atoms with E-state index in [1.807, 2.05) is 6.07 Å². The van der Waals surface area contributed by atoms with Crippen LogP contribution in [0.1, 0.15) is 38.2 Å². The molecule has 1 aromatic rings. The van der Waals surface area contributed by atoms with E-state index >= 15 is 0 Å². The molecule has 2 atom stereocenters. The third kappa shape index (κ3) is 4.47. The van der Waals surface area contributed by atoms with E-state index < -0.39 is 0 Å². The van der Waals surface area contributed by atoms with Crippen molar-refractivity contribution >= 4 is 31.9 Å². The third-order valence-corrected chi connectivity index (χ3v) is 5.13. The second-order valence-corrected chi connectivity index (χ2v) is 7.62. The van der Waals surface area contributed by atoms with Gasteiger partial charge in [-0.2, -0.15) is 0 Å². The lowest BCUT2D eigenvalue weighted by Gasteiger charge is -2.27. The predicted octanol–water partition coefficient (Wildman–Crippen LogP) is 5.14. The minimum Gasteiger partial charge on any atom is -0.495 e. The van der Waals surface area contributed by atoms with Crippen molar-refractivity contribution in [2.75, 3.05) is 13.7 Å². The Hall–Kier alpha value is -0.0600. The van der Waals surface area contributed by atoms with Crippen molar-refractivity contribution in [3.8, 4) is 5.75 Å². The van der Waals surface area contributed by atoms with Gasteiger partial charge in [0.15, 0.2) is 0 Å². The topological polar surface area (TPSA) is 21.3 Å². The zero-order valence-corrected chi connectivity index (χ0v) is 15.4. The molecule has 1 N–H and O–H groups in total. The number of halogens is 2. The van der Waals surface area contributed by atoms with E-state index in [0.717, 1.165) is 39.6 Å². The van der Waals surface area contributed by atoms with Crippen LogP contribution in [0.3, 0.4) is 0 Å². The van der Waals surface area contributed by atoms with Gasteiger partial charge >= 0.3 is 0 Å². The van der Waals surface area contributed by atoms with Crippen LogP contribution in [-0.4, -0.2) is 13.7 Å². The van der Waals surface area contributed by atoms with Gasteiger partial charge in [-0.1, -0.05) is 35.7 Å². The molecule has 2 rings (SSSR count). The highest BCUT2D eigenvalue weighted by molar-refractivity contribution is 9.11. The maximum Gasteiger partial charge on any atom is 0.137 e. The molecule has 1 aliphatic rings. The molecule has 1 fully saturated rings. The van der Waals surface area contributed by atoms with Crippen molar-refractivity contribution in [2.24, 2.45) is 11.8 Å². The van der Waals surface area contributed by atoms with Crippen molar-refractivity contribution < 1.29 is 4.74 Å². The average molecular weight is 405 g/mol. The van der Waals surface area contributed by atoms with E-state index in [4.69, 9.17) is 4.74 Å². The molecule has 112 valence electrons. The van der Waals surface area contributed by atoms with Crippen LogP contribution in [0.15, 0.2) is 21.1 Å². The van der Waals surface area contributed by atoms with Crippen molar-refractivity contribution in [3.63, 3.8) is 0 Å². The molecule has 1 aliphatic carbocycles. The zero-order valence-electron chi connectivity index (χ0n) is 12.2. The molecule has 0 radical (unpaired) electrons. The smallest absolute Gasteiger partial charge is 0.137 e. The molecule has 2 nitrogen and oxygen atoms in total. The summed E-state index contributed by atoms with van der Waals surface area (Å²) in [6, 6.07) is 4.14. The molecule has 2 unspecified atom stereocenters. The zero-order chi connectivity index (χ0) is 14.5. The molecule has 0 amide bonds.